The fraction of sp³-hybridized carbons (Fsp3) is 0.600. The van der Waals surface area contributed by atoms with E-state index >= 15 is 0 Å². The smallest absolute Gasteiger partial charge is 0.0347 e. The van der Waals surface area contributed by atoms with Gasteiger partial charge in [0.2, 0.25) is 0 Å². The summed E-state index contributed by atoms with van der Waals surface area (Å²) in [5.74, 6) is 0. The molecule has 0 saturated heterocycles. The number of likely N-dealkylation sites (N-methyl/N-ethyl adjacent to an activating group) is 1. The third kappa shape index (κ3) is 3.53. The second-order valence-corrected chi connectivity index (χ2v) is 4.19. The van der Waals surface area contributed by atoms with Crippen molar-refractivity contribution in [2.45, 2.75) is 20.3 Å². The number of allylic oxidation sites excluding steroid dienone is 3. The van der Waals surface area contributed by atoms with Crippen LogP contribution in [-0.4, -0.2) is 24.5 Å². The van der Waals surface area contributed by atoms with Crippen molar-refractivity contribution in [3.63, 3.8) is 0 Å². The molecule has 0 saturated carbocycles. The van der Waals surface area contributed by atoms with Gasteiger partial charge in [0, 0.05) is 35.9 Å². The number of hydrogen-bond acceptors (Lipinski definition) is 2. The minimum Gasteiger partial charge on any atom is -0.350 e. The average Bonchev–Trinajstić information content (AvgIpc) is 2.11. The van der Waals surface area contributed by atoms with Gasteiger partial charge in [0.05, 0.1) is 0 Å². The van der Waals surface area contributed by atoms with Gasteiger partial charge in [-0.3, -0.25) is 0 Å². The molecule has 0 aromatic rings. The zero-order valence-corrected chi connectivity index (χ0v) is 9.89. The Labute approximate surface area is 88.8 Å². The fourth-order valence-electron chi connectivity index (χ4n) is 1.30. The van der Waals surface area contributed by atoms with Gasteiger partial charge in [-0.2, -0.15) is 0 Å². The van der Waals surface area contributed by atoms with E-state index in [0.717, 1.165) is 26.1 Å². The first-order valence-corrected chi connectivity index (χ1v) is 5.53. The zero-order valence-electron chi connectivity index (χ0n) is 8.31. The Balaban J connectivity index is 2.38. The minimum atomic E-state index is 1.03. The van der Waals surface area contributed by atoms with E-state index in [1.54, 1.807) is 0 Å². The molecular weight excluding hydrogens is 228 g/mol. The van der Waals surface area contributed by atoms with E-state index in [4.69, 9.17) is 0 Å². The van der Waals surface area contributed by atoms with E-state index in [2.05, 4.69) is 52.3 Å². The predicted octanol–water partition coefficient (Wildman–Crippen LogP) is 2.44. The van der Waals surface area contributed by atoms with Crippen LogP contribution in [0.15, 0.2) is 22.5 Å². The highest BCUT2D eigenvalue weighted by atomic mass is 79.9. The van der Waals surface area contributed by atoms with E-state index in [-0.39, 0.29) is 0 Å². The van der Waals surface area contributed by atoms with Crippen molar-refractivity contribution in [2.75, 3.05) is 19.6 Å². The lowest BCUT2D eigenvalue weighted by Crippen LogP contribution is -2.28. The molecule has 1 aliphatic heterocycles. The number of nitrogens with zero attached hydrogens (tertiary/aromatic N) is 1. The summed E-state index contributed by atoms with van der Waals surface area (Å²) in [6.45, 7) is 7.41. The molecule has 3 heteroatoms. The van der Waals surface area contributed by atoms with Gasteiger partial charge in [-0.25, -0.2) is 0 Å². The van der Waals surface area contributed by atoms with Gasteiger partial charge >= 0.3 is 0 Å². The molecule has 2 nitrogen and oxygen atoms in total. The van der Waals surface area contributed by atoms with Crippen LogP contribution in [0.1, 0.15) is 20.3 Å². The van der Waals surface area contributed by atoms with Gasteiger partial charge in [-0.15, -0.1) is 0 Å². The number of rotatable bonds is 4. The predicted molar refractivity (Wildman–Crippen MR) is 60.6 cm³/mol. The molecule has 0 spiro atoms. The van der Waals surface area contributed by atoms with Crippen LogP contribution in [0.3, 0.4) is 0 Å². The highest BCUT2D eigenvalue weighted by molar-refractivity contribution is 9.11. The summed E-state index contributed by atoms with van der Waals surface area (Å²) in [6, 6.07) is 0. The first-order chi connectivity index (χ1) is 6.24. The molecule has 1 heterocycles. The summed E-state index contributed by atoms with van der Waals surface area (Å²) in [4.78, 5) is 2.27. The van der Waals surface area contributed by atoms with Crippen LogP contribution < -0.4 is 5.32 Å². The van der Waals surface area contributed by atoms with Crippen molar-refractivity contribution >= 4 is 15.9 Å². The second-order valence-electron chi connectivity index (χ2n) is 3.17. The van der Waals surface area contributed by atoms with Crippen molar-refractivity contribution in [1.82, 2.24) is 10.2 Å². The number of hydrogen-bond donors (Lipinski definition) is 1. The maximum atomic E-state index is 3.52. The Morgan fingerprint density at radius 3 is 3.08 bits per heavy atom. The molecule has 0 unspecified atom stereocenters. The third-order valence-corrected chi connectivity index (χ3v) is 2.65. The molecule has 0 amide bonds. The van der Waals surface area contributed by atoms with E-state index in [1.165, 1.54) is 10.2 Å². The SMILES string of the molecule is CCNCCN1C=C(Br)CC=C1C. The largest absolute Gasteiger partial charge is 0.350 e. The summed E-state index contributed by atoms with van der Waals surface area (Å²) < 4.78 is 1.26. The standard InChI is InChI=1S/C10H17BrN2/c1-3-12-6-7-13-8-10(11)5-4-9(13)2/h4,8,12H,3,5-7H2,1-2H3. The Kier molecular flexibility index (Phi) is 4.53. The molecule has 0 aromatic heterocycles. The number of halogens is 1. The van der Waals surface area contributed by atoms with Gasteiger partial charge in [0.15, 0.2) is 0 Å². The van der Waals surface area contributed by atoms with Gasteiger partial charge in [-0.1, -0.05) is 28.9 Å². The van der Waals surface area contributed by atoms with Crippen LogP contribution in [0.5, 0.6) is 0 Å². The Morgan fingerprint density at radius 2 is 2.38 bits per heavy atom. The average molecular weight is 245 g/mol. The molecule has 0 atom stereocenters. The monoisotopic (exact) mass is 244 g/mol. The van der Waals surface area contributed by atoms with Crippen LogP contribution in [0.4, 0.5) is 0 Å². The number of nitrogens with one attached hydrogen (secondary N) is 1. The molecule has 1 aliphatic rings. The van der Waals surface area contributed by atoms with Crippen LogP contribution >= 0.6 is 15.9 Å². The quantitative estimate of drug-likeness (QED) is 0.765. The lowest BCUT2D eigenvalue weighted by Gasteiger charge is -2.25. The molecule has 0 bridgehead atoms. The van der Waals surface area contributed by atoms with E-state index in [9.17, 15) is 0 Å². The van der Waals surface area contributed by atoms with E-state index in [1.807, 2.05) is 0 Å². The first-order valence-electron chi connectivity index (χ1n) is 4.74. The molecule has 0 aromatic carbocycles. The summed E-state index contributed by atoms with van der Waals surface area (Å²) >= 11 is 3.52. The second kappa shape index (κ2) is 5.45. The summed E-state index contributed by atoms with van der Waals surface area (Å²) in [5, 5.41) is 3.32. The van der Waals surface area contributed by atoms with Gasteiger partial charge in [0.1, 0.15) is 0 Å². The molecule has 74 valence electrons. The topological polar surface area (TPSA) is 15.3 Å². The molecule has 13 heavy (non-hydrogen) atoms. The molecule has 1 rings (SSSR count). The van der Waals surface area contributed by atoms with Crippen LogP contribution in [-0.2, 0) is 0 Å². The zero-order chi connectivity index (χ0) is 9.68. The van der Waals surface area contributed by atoms with Crippen molar-refractivity contribution < 1.29 is 0 Å². The summed E-state index contributed by atoms with van der Waals surface area (Å²) in [6.07, 6.45) is 5.45. The Bertz CT molecular complexity index is 221. The van der Waals surface area contributed by atoms with Crippen molar-refractivity contribution in [3.8, 4) is 0 Å². The van der Waals surface area contributed by atoms with Crippen LogP contribution in [0.25, 0.3) is 0 Å². The first kappa shape index (κ1) is 10.8. The molecule has 0 radical (unpaired) electrons. The van der Waals surface area contributed by atoms with Crippen molar-refractivity contribution in [1.29, 1.82) is 0 Å². The lowest BCUT2D eigenvalue weighted by molar-refractivity contribution is 0.444. The van der Waals surface area contributed by atoms with E-state index in [0.29, 0.717) is 0 Å². The van der Waals surface area contributed by atoms with Gasteiger partial charge in [0.25, 0.3) is 0 Å². The highest BCUT2D eigenvalue weighted by Crippen LogP contribution is 2.21. The fourth-order valence-corrected chi connectivity index (χ4v) is 1.71. The summed E-state index contributed by atoms with van der Waals surface area (Å²) in [5.41, 5.74) is 1.35. The van der Waals surface area contributed by atoms with Crippen molar-refractivity contribution in [3.05, 3.63) is 22.5 Å². The summed E-state index contributed by atoms with van der Waals surface area (Å²) in [7, 11) is 0. The molecule has 1 N–H and O–H groups in total. The maximum absolute atomic E-state index is 3.52. The minimum absolute atomic E-state index is 1.03. The van der Waals surface area contributed by atoms with Crippen LogP contribution in [0.2, 0.25) is 0 Å². The normalized spacial score (nSPS) is 17.0. The molecule has 0 aliphatic carbocycles. The third-order valence-electron chi connectivity index (χ3n) is 2.12. The lowest BCUT2D eigenvalue weighted by atomic mass is 10.2. The Morgan fingerprint density at radius 1 is 1.62 bits per heavy atom. The maximum Gasteiger partial charge on any atom is 0.0347 e. The van der Waals surface area contributed by atoms with Crippen LogP contribution in [0, 0.1) is 0 Å². The van der Waals surface area contributed by atoms with E-state index < -0.39 is 0 Å². The highest BCUT2D eigenvalue weighted by Gasteiger charge is 2.07. The molecule has 0 fully saturated rings. The van der Waals surface area contributed by atoms with Crippen molar-refractivity contribution in [2.24, 2.45) is 0 Å². The molecular formula is C10H17BrN2. The van der Waals surface area contributed by atoms with Gasteiger partial charge < -0.3 is 10.2 Å². The van der Waals surface area contributed by atoms with Gasteiger partial charge in [-0.05, 0) is 13.5 Å². The Hall–Kier alpha value is -0.280.